The Morgan fingerprint density at radius 1 is 1.52 bits per heavy atom. The van der Waals surface area contributed by atoms with Crippen molar-refractivity contribution in [3.63, 3.8) is 0 Å². The van der Waals surface area contributed by atoms with Gasteiger partial charge in [-0.3, -0.25) is 10.1 Å². The minimum absolute atomic E-state index is 0.0171. The molecule has 0 heterocycles. The van der Waals surface area contributed by atoms with E-state index in [1.165, 1.54) is 0 Å². The molecule has 0 aromatic heterocycles. The molecule has 0 saturated heterocycles. The maximum absolute atomic E-state index is 13.4. The van der Waals surface area contributed by atoms with Gasteiger partial charge in [0.2, 0.25) is 0 Å². The summed E-state index contributed by atoms with van der Waals surface area (Å²) < 4.78 is 18.6. The zero-order valence-corrected chi connectivity index (χ0v) is 13.6. The zero-order chi connectivity index (χ0) is 16.2. The fourth-order valence-electron chi connectivity index (χ4n) is 1.45. The topological polar surface area (TPSA) is 84.6 Å². The molecule has 6 nitrogen and oxygen atoms in total. The van der Waals surface area contributed by atoms with Crippen molar-refractivity contribution in [2.45, 2.75) is 32.4 Å². The van der Waals surface area contributed by atoms with Gasteiger partial charge < -0.3 is 15.2 Å². The third kappa shape index (κ3) is 5.94. The summed E-state index contributed by atoms with van der Waals surface area (Å²) in [5.41, 5.74) is -0.532. The molecule has 2 N–H and O–H groups in total. The van der Waals surface area contributed by atoms with Gasteiger partial charge in [-0.15, -0.1) is 0 Å². The van der Waals surface area contributed by atoms with E-state index in [2.05, 4.69) is 21.2 Å². The lowest BCUT2D eigenvalue weighted by Gasteiger charge is -2.22. The van der Waals surface area contributed by atoms with Crippen molar-refractivity contribution in [2.24, 2.45) is 0 Å². The van der Waals surface area contributed by atoms with E-state index in [-0.39, 0.29) is 34.6 Å². The van der Waals surface area contributed by atoms with E-state index in [0.29, 0.717) is 0 Å². The molecule has 0 aliphatic rings. The number of nitro benzene ring substituents is 1. The van der Waals surface area contributed by atoms with Crippen LogP contribution >= 0.6 is 15.9 Å². The number of aliphatic hydroxyl groups is 1. The second-order valence-corrected chi connectivity index (χ2v) is 6.44. The molecule has 8 heteroatoms. The summed E-state index contributed by atoms with van der Waals surface area (Å²) in [6.45, 7) is 5.90. The number of nitrogens with one attached hydrogen (secondary N) is 1. The molecule has 0 radical (unpaired) electrons. The molecule has 118 valence electrons. The summed E-state index contributed by atoms with van der Waals surface area (Å²) in [4.78, 5) is 10.2. The molecule has 0 bridgehead atoms. The van der Waals surface area contributed by atoms with Gasteiger partial charge >= 0.3 is 5.69 Å². The second-order valence-electron chi connectivity index (χ2n) is 5.59. The highest BCUT2D eigenvalue weighted by molar-refractivity contribution is 9.10. The lowest BCUT2D eigenvalue weighted by atomic mass is 10.1. The third-order valence-corrected chi connectivity index (χ3v) is 3.11. The highest BCUT2D eigenvalue weighted by Gasteiger charge is 2.20. The summed E-state index contributed by atoms with van der Waals surface area (Å²) in [6.07, 6.45) is -0.865. The van der Waals surface area contributed by atoms with Crippen molar-refractivity contribution in [3.8, 4) is 5.75 Å². The minimum Gasteiger partial charge on any atom is -0.484 e. The van der Waals surface area contributed by atoms with Gasteiger partial charge in [0.15, 0.2) is 5.75 Å². The number of rotatable bonds is 6. The van der Waals surface area contributed by atoms with Gasteiger partial charge in [0.1, 0.15) is 18.5 Å². The molecule has 1 rings (SSSR count). The van der Waals surface area contributed by atoms with Crippen LogP contribution < -0.4 is 10.1 Å². The number of benzene rings is 1. The number of hydrogen-bond donors (Lipinski definition) is 2. The summed E-state index contributed by atoms with van der Waals surface area (Å²) in [6, 6.07) is 1.95. The Hall–Kier alpha value is -1.25. The first kappa shape index (κ1) is 17.8. The lowest BCUT2D eigenvalue weighted by Crippen LogP contribution is -2.42. The Morgan fingerprint density at radius 3 is 2.67 bits per heavy atom. The van der Waals surface area contributed by atoms with Crippen LogP contribution in [-0.2, 0) is 0 Å². The van der Waals surface area contributed by atoms with Crippen LogP contribution in [0.25, 0.3) is 0 Å². The number of hydrogen-bond acceptors (Lipinski definition) is 5. The van der Waals surface area contributed by atoms with Crippen molar-refractivity contribution < 1.29 is 19.2 Å². The quantitative estimate of drug-likeness (QED) is 0.598. The van der Waals surface area contributed by atoms with Crippen molar-refractivity contribution in [1.82, 2.24) is 5.32 Å². The first-order valence-corrected chi connectivity index (χ1v) is 7.09. The molecule has 0 amide bonds. The first-order valence-electron chi connectivity index (χ1n) is 6.29. The maximum Gasteiger partial charge on any atom is 0.312 e. The van der Waals surface area contributed by atoms with E-state index < -0.39 is 16.8 Å². The average molecular weight is 365 g/mol. The SMILES string of the molecule is CC(C)(C)NCC(O)COc1cc(F)c(Br)cc1[N+](=O)[O-]. The van der Waals surface area contributed by atoms with Crippen molar-refractivity contribution in [2.75, 3.05) is 13.2 Å². The van der Waals surface area contributed by atoms with E-state index in [1.807, 2.05) is 20.8 Å². The van der Waals surface area contributed by atoms with Gasteiger partial charge in [-0.05, 0) is 36.7 Å². The predicted octanol–water partition coefficient (Wildman–Crippen LogP) is 2.62. The fraction of sp³-hybridized carbons (Fsp3) is 0.538. The van der Waals surface area contributed by atoms with Crippen LogP contribution in [0.5, 0.6) is 5.75 Å². The zero-order valence-electron chi connectivity index (χ0n) is 12.0. The highest BCUT2D eigenvalue weighted by atomic mass is 79.9. The van der Waals surface area contributed by atoms with Gasteiger partial charge in [0.05, 0.1) is 9.40 Å². The number of halogens is 2. The molecule has 0 aliphatic carbocycles. The van der Waals surface area contributed by atoms with E-state index in [0.717, 1.165) is 12.1 Å². The molecule has 1 aromatic rings. The van der Waals surface area contributed by atoms with Crippen LogP contribution in [0.15, 0.2) is 16.6 Å². The monoisotopic (exact) mass is 364 g/mol. The smallest absolute Gasteiger partial charge is 0.312 e. The maximum atomic E-state index is 13.4. The molecule has 0 aliphatic heterocycles. The molecule has 1 aromatic carbocycles. The molecule has 0 fully saturated rings. The molecular weight excluding hydrogens is 347 g/mol. The fourth-order valence-corrected chi connectivity index (χ4v) is 1.78. The summed E-state index contributed by atoms with van der Waals surface area (Å²) in [5, 5.41) is 23.7. The van der Waals surface area contributed by atoms with Crippen molar-refractivity contribution in [1.29, 1.82) is 0 Å². The minimum atomic E-state index is -0.865. The van der Waals surface area contributed by atoms with Gasteiger partial charge in [-0.25, -0.2) is 4.39 Å². The standard InChI is InChI=1S/C13H18BrFN2O4/c1-13(2,3)16-6-8(18)7-21-12-5-10(15)9(14)4-11(12)17(19)20/h4-5,8,16,18H,6-7H2,1-3H3. The molecule has 0 spiro atoms. The largest absolute Gasteiger partial charge is 0.484 e. The second kappa shape index (κ2) is 7.15. The van der Waals surface area contributed by atoms with Crippen LogP contribution in [0, 0.1) is 15.9 Å². The van der Waals surface area contributed by atoms with Crippen LogP contribution in [0.1, 0.15) is 20.8 Å². The number of ether oxygens (including phenoxy) is 1. The Balaban J connectivity index is 2.70. The normalized spacial score (nSPS) is 13.0. The van der Waals surface area contributed by atoms with Crippen molar-refractivity contribution in [3.05, 3.63) is 32.5 Å². The Morgan fingerprint density at radius 2 is 2.14 bits per heavy atom. The highest BCUT2D eigenvalue weighted by Crippen LogP contribution is 2.32. The van der Waals surface area contributed by atoms with Gasteiger partial charge in [-0.1, -0.05) is 0 Å². The number of nitrogens with zero attached hydrogens (tertiary/aromatic N) is 1. The summed E-state index contributed by atoms with van der Waals surface area (Å²) in [5.74, 6) is -0.881. The average Bonchev–Trinajstić information content (AvgIpc) is 2.36. The van der Waals surface area contributed by atoms with E-state index >= 15 is 0 Å². The Bertz CT molecular complexity index is 520. The predicted molar refractivity (Wildman–Crippen MR) is 80.0 cm³/mol. The van der Waals surface area contributed by atoms with Gasteiger partial charge in [-0.2, -0.15) is 0 Å². The third-order valence-electron chi connectivity index (χ3n) is 2.50. The van der Waals surface area contributed by atoms with Crippen LogP contribution in [0.3, 0.4) is 0 Å². The van der Waals surface area contributed by atoms with Crippen LogP contribution in [-0.4, -0.2) is 34.8 Å². The molecule has 1 unspecified atom stereocenters. The van der Waals surface area contributed by atoms with Crippen LogP contribution in [0.4, 0.5) is 10.1 Å². The molecule has 0 saturated carbocycles. The summed E-state index contributed by atoms with van der Waals surface area (Å²) >= 11 is 2.88. The molecule has 1 atom stereocenters. The van der Waals surface area contributed by atoms with E-state index in [9.17, 15) is 19.6 Å². The number of β-amino-alcohol motifs (C(OH)–C–C–N with tert-alkyl or cyclic N) is 1. The summed E-state index contributed by atoms with van der Waals surface area (Å²) in [7, 11) is 0. The first-order chi connectivity index (χ1) is 9.60. The van der Waals surface area contributed by atoms with Gasteiger partial charge in [0, 0.05) is 24.2 Å². The Labute approximate surface area is 130 Å². The number of nitro groups is 1. The molecule has 21 heavy (non-hydrogen) atoms. The van der Waals surface area contributed by atoms with Crippen LogP contribution in [0.2, 0.25) is 0 Å². The van der Waals surface area contributed by atoms with Gasteiger partial charge in [0.25, 0.3) is 0 Å². The van der Waals surface area contributed by atoms with E-state index in [1.54, 1.807) is 0 Å². The number of aliphatic hydroxyl groups excluding tert-OH is 1. The van der Waals surface area contributed by atoms with Crippen molar-refractivity contribution >= 4 is 21.6 Å². The Kier molecular flexibility index (Phi) is 6.06. The lowest BCUT2D eigenvalue weighted by molar-refractivity contribution is -0.386. The molecular formula is C13H18BrFN2O4. The van der Waals surface area contributed by atoms with E-state index in [4.69, 9.17) is 4.74 Å².